The van der Waals surface area contributed by atoms with Gasteiger partial charge in [0.1, 0.15) is 18.1 Å². The maximum Gasteiger partial charge on any atom is 0.230 e. The number of rotatable bonds is 3. The third-order valence-corrected chi connectivity index (χ3v) is 4.70. The average molecular weight is 306 g/mol. The van der Waals surface area contributed by atoms with Crippen LogP contribution in [0.5, 0.6) is 5.88 Å². The molecule has 0 aromatic carbocycles. The molecule has 4 heterocycles. The minimum atomic E-state index is -0.141. The number of thiazole rings is 1. The van der Waals surface area contributed by atoms with Gasteiger partial charge < -0.3 is 14.3 Å². The molecule has 4 rings (SSSR count). The molecule has 1 saturated heterocycles. The standard InChI is InChI=1S/C13H14N4O3S/c18-12-11(21-13-14-8-15-17(12)13)10(9-2-1-5-20-9)16-3-6-19-7-4-16/h1-2,5,8,10,18H,3-4,6-7H2/t10-/m0/s1. The number of hydrogen-bond donors (Lipinski definition) is 1. The van der Waals surface area contributed by atoms with Gasteiger partial charge in [-0.2, -0.15) is 9.61 Å². The summed E-state index contributed by atoms with van der Waals surface area (Å²) in [4.78, 5) is 7.86. The lowest BCUT2D eigenvalue weighted by molar-refractivity contribution is 0.0203. The van der Waals surface area contributed by atoms with Crippen molar-refractivity contribution in [1.82, 2.24) is 19.5 Å². The molecule has 0 aliphatic carbocycles. The fraction of sp³-hybridized carbons (Fsp3) is 0.385. The van der Waals surface area contributed by atoms with Gasteiger partial charge in [0.25, 0.3) is 0 Å². The number of morpholine rings is 1. The Kier molecular flexibility index (Phi) is 3.13. The van der Waals surface area contributed by atoms with Gasteiger partial charge in [0.05, 0.1) is 24.4 Å². The van der Waals surface area contributed by atoms with Gasteiger partial charge in [-0.05, 0) is 12.1 Å². The fourth-order valence-electron chi connectivity index (χ4n) is 2.63. The molecule has 3 aromatic rings. The number of aromatic nitrogens is 3. The molecule has 1 N–H and O–H groups in total. The van der Waals surface area contributed by atoms with Crippen LogP contribution in [0.1, 0.15) is 16.7 Å². The maximum atomic E-state index is 10.4. The highest BCUT2D eigenvalue weighted by Gasteiger charge is 2.31. The zero-order valence-electron chi connectivity index (χ0n) is 11.2. The molecular formula is C13H14N4O3S. The van der Waals surface area contributed by atoms with Crippen molar-refractivity contribution in [3.05, 3.63) is 35.4 Å². The van der Waals surface area contributed by atoms with Gasteiger partial charge in [0.2, 0.25) is 10.8 Å². The molecule has 0 bridgehead atoms. The van der Waals surface area contributed by atoms with E-state index >= 15 is 0 Å². The Morgan fingerprint density at radius 1 is 1.33 bits per heavy atom. The number of fused-ring (bicyclic) bond motifs is 1. The van der Waals surface area contributed by atoms with E-state index in [1.165, 1.54) is 22.2 Å². The first-order valence-corrected chi connectivity index (χ1v) is 7.53. The molecule has 7 nitrogen and oxygen atoms in total. The van der Waals surface area contributed by atoms with E-state index in [9.17, 15) is 5.11 Å². The van der Waals surface area contributed by atoms with E-state index in [-0.39, 0.29) is 11.9 Å². The van der Waals surface area contributed by atoms with E-state index < -0.39 is 0 Å². The maximum absolute atomic E-state index is 10.4. The summed E-state index contributed by atoms with van der Waals surface area (Å²) < 4.78 is 12.5. The van der Waals surface area contributed by atoms with Gasteiger partial charge in [-0.3, -0.25) is 4.90 Å². The number of aromatic hydroxyl groups is 1. The second-order valence-electron chi connectivity index (χ2n) is 4.81. The first-order chi connectivity index (χ1) is 10.3. The molecule has 0 saturated carbocycles. The van der Waals surface area contributed by atoms with Crippen LogP contribution in [-0.4, -0.2) is 50.9 Å². The summed E-state index contributed by atoms with van der Waals surface area (Å²) in [5.41, 5.74) is 0. The molecule has 1 fully saturated rings. The van der Waals surface area contributed by atoms with Crippen molar-refractivity contribution in [2.75, 3.05) is 26.3 Å². The first-order valence-electron chi connectivity index (χ1n) is 6.71. The van der Waals surface area contributed by atoms with Crippen LogP contribution in [0.3, 0.4) is 0 Å². The van der Waals surface area contributed by atoms with E-state index in [4.69, 9.17) is 9.15 Å². The molecule has 8 heteroatoms. The SMILES string of the molecule is Oc1c([C@H](c2ccco2)N2CCOCC2)sc2ncnn12. The van der Waals surface area contributed by atoms with Gasteiger partial charge in [-0.15, -0.1) is 0 Å². The van der Waals surface area contributed by atoms with Crippen molar-refractivity contribution in [3.63, 3.8) is 0 Å². The van der Waals surface area contributed by atoms with Crippen molar-refractivity contribution in [3.8, 4) is 5.88 Å². The third-order valence-electron chi connectivity index (χ3n) is 3.61. The Labute approximate surface area is 124 Å². The highest BCUT2D eigenvalue weighted by molar-refractivity contribution is 7.17. The second kappa shape index (κ2) is 5.14. The average Bonchev–Trinajstić information content (AvgIpc) is 3.22. The summed E-state index contributed by atoms with van der Waals surface area (Å²) in [5, 5.41) is 14.5. The lowest BCUT2D eigenvalue weighted by atomic mass is 10.1. The number of ether oxygens (including phenoxy) is 1. The molecule has 0 unspecified atom stereocenters. The smallest absolute Gasteiger partial charge is 0.230 e. The Bertz CT molecular complexity index is 730. The predicted octanol–water partition coefficient (Wildman–Crippen LogP) is 1.51. The highest BCUT2D eigenvalue weighted by atomic mass is 32.1. The van der Waals surface area contributed by atoms with Gasteiger partial charge in [0, 0.05) is 13.1 Å². The molecular weight excluding hydrogens is 292 g/mol. The second-order valence-corrected chi connectivity index (χ2v) is 5.82. The van der Waals surface area contributed by atoms with Crippen LogP contribution in [0.25, 0.3) is 4.96 Å². The molecule has 1 aliphatic heterocycles. The van der Waals surface area contributed by atoms with Gasteiger partial charge in [-0.25, -0.2) is 4.98 Å². The Morgan fingerprint density at radius 2 is 2.19 bits per heavy atom. The zero-order chi connectivity index (χ0) is 14.2. The molecule has 1 aliphatic rings. The summed E-state index contributed by atoms with van der Waals surface area (Å²) in [6.07, 6.45) is 3.09. The van der Waals surface area contributed by atoms with Crippen LogP contribution in [0.4, 0.5) is 0 Å². The van der Waals surface area contributed by atoms with Crippen molar-refractivity contribution < 1.29 is 14.3 Å². The quantitative estimate of drug-likeness (QED) is 0.790. The third kappa shape index (κ3) is 2.11. The Morgan fingerprint density at radius 3 is 2.90 bits per heavy atom. The van der Waals surface area contributed by atoms with Crippen LogP contribution >= 0.6 is 11.3 Å². The van der Waals surface area contributed by atoms with E-state index in [0.717, 1.165) is 23.7 Å². The fourth-order valence-corrected chi connectivity index (χ4v) is 3.70. The molecule has 1 atom stereocenters. The van der Waals surface area contributed by atoms with Crippen molar-refractivity contribution >= 4 is 16.3 Å². The summed E-state index contributed by atoms with van der Waals surface area (Å²) in [6.45, 7) is 2.94. The van der Waals surface area contributed by atoms with E-state index in [1.54, 1.807) is 6.26 Å². The summed E-state index contributed by atoms with van der Waals surface area (Å²) in [5.74, 6) is 0.928. The van der Waals surface area contributed by atoms with Crippen LogP contribution in [0, 0.1) is 0 Å². The number of hydrogen-bond acceptors (Lipinski definition) is 7. The molecule has 3 aromatic heterocycles. The Hall–Kier alpha value is -1.90. The lowest BCUT2D eigenvalue weighted by Gasteiger charge is -2.32. The minimum Gasteiger partial charge on any atom is -0.492 e. The van der Waals surface area contributed by atoms with Crippen molar-refractivity contribution in [1.29, 1.82) is 0 Å². The van der Waals surface area contributed by atoms with Gasteiger partial charge in [0.15, 0.2) is 0 Å². The summed E-state index contributed by atoms with van der Waals surface area (Å²) in [7, 11) is 0. The van der Waals surface area contributed by atoms with Crippen LogP contribution in [-0.2, 0) is 4.74 Å². The summed E-state index contributed by atoms with van der Waals surface area (Å²) >= 11 is 1.43. The van der Waals surface area contributed by atoms with Crippen molar-refractivity contribution in [2.45, 2.75) is 6.04 Å². The van der Waals surface area contributed by atoms with Gasteiger partial charge in [-0.1, -0.05) is 11.3 Å². The molecule has 0 amide bonds. The lowest BCUT2D eigenvalue weighted by Crippen LogP contribution is -2.39. The highest BCUT2D eigenvalue weighted by Crippen LogP contribution is 2.39. The van der Waals surface area contributed by atoms with E-state index in [1.807, 2.05) is 12.1 Å². The topological polar surface area (TPSA) is 76.0 Å². The van der Waals surface area contributed by atoms with E-state index in [0.29, 0.717) is 18.2 Å². The first kappa shape index (κ1) is 12.8. The molecule has 110 valence electrons. The Balaban J connectivity index is 1.81. The van der Waals surface area contributed by atoms with Crippen LogP contribution in [0.15, 0.2) is 29.1 Å². The predicted molar refractivity (Wildman–Crippen MR) is 75.5 cm³/mol. The summed E-state index contributed by atoms with van der Waals surface area (Å²) in [6, 6.07) is 3.64. The van der Waals surface area contributed by atoms with E-state index in [2.05, 4.69) is 15.0 Å². The number of furan rings is 1. The molecule has 21 heavy (non-hydrogen) atoms. The van der Waals surface area contributed by atoms with Crippen molar-refractivity contribution in [2.24, 2.45) is 0 Å². The van der Waals surface area contributed by atoms with Crippen LogP contribution < -0.4 is 0 Å². The monoisotopic (exact) mass is 306 g/mol. The normalized spacial score (nSPS) is 18.3. The van der Waals surface area contributed by atoms with Gasteiger partial charge >= 0.3 is 0 Å². The molecule has 0 spiro atoms. The van der Waals surface area contributed by atoms with Crippen LogP contribution in [0.2, 0.25) is 0 Å². The minimum absolute atomic E-state index is 0.125. The largest absolute Gasteiger partial charge is 0.492 e. The zero-order valence-corrected chi connectivity index (χ0v) is 12.0. The molecule has 0 radical (unpaired) electrons. The number of nitrogens with zero attached hydrogens (tertiary/aromatic N) is 4.